The summed E-state index contributed by atoms with van der Waals surface area (Å²) in [5.41, 5.74) is 0.976. The number of amides is 2. The minimum Gasteiger partial charge on any atom is -0.465 e. The third-order valence-electron chi connectivity index (χ3n) is 8.62. The van der Waals surface area contributed by atoms with E-state index in [-0.39, 0.29) is 42.2 Å². The molecule has 0 radical (unpaired) electrons. The van der Waals surface area contributed by atoms with Crippen LogP contribution in [0.15, 0.2) is 55.6 Å². The highest BCUT2D eigenvalue weighted by Gasteiger charge is 2.77. The van der Waals surface area contributed by atoms with E-state index < -0.39 is 28.7 Å². The van der Waals surface area contributed by atoms with Crippen molar-refractivity contribution in [1.82, 2.24) is 9.80 Å². The number of esters is 1. The summed E-state index contributed by atoms with van der Waals surface area (Å²) in [6, 6.07) is 8.35. The average molecular weight is 555 g/mol. The van der Waals surface area contributed by atoms with E-state index in [1.54, 1.807) is 33.7 Å². The van der Waals surface area contributed by atoms with Gasteiger partial charge in [-0.05, 0) is 37.2 Å². The number of nitrogens with zero attached hydrogens (tertiary/aromatic N) is 2. The van der Waals surface area contributed by atoms with Crippen LogP contribution in [0.1, 0.15) is 45.1 Å². The van der Waals surface area contributed by atoms with E-state index in [4.69, 9.17) is 4.74 Å². The van der Waals surface area contributed by atoms with Gasteiger partial charge in [-0.25, -0.2) is 0 Å². The average Bonchev–Trinajstić information content (AvgIpc) is 3.53. The molecule has 3 aliphatic heterocycles. The SMILES string of the molecule is C=CCCOC(=O)[C@@H]1[C@H]2C(=O)N([C@@H](CO)Cc3ccccc3)C(C(=O)N(CC=C)CCCC)C23S[C@@H]1CC3C. The van der Waals surface area contributed by atoms with Gasteiger partial charge in [0.2, 0.25) is 11.8 Å². The van der Waals surface area contributed by atoms with E-state index >= 15 is 0 Å². The summed E-state index contributed by atoms with van der Waals surface area (Å²) in [5, 5.41) is 10.5. The number of unbranched alkanes of at least 4 members (excludes halogenated alkanes) is 1. The molecule has 4 rings (SSSR count). The van der Waals surface area contributed by atoms with Crippen molar-refractivity contribution in [3.63, 3.8) is 0 Å². The number of benzene rings is 1. The van der Waals surface area contributed by atoms with Crippen molar-refractivity contribution in [3.8, 4) is 0 Å². The van der Waals surface area contributed by atoms with Gasteiger partial charge >= 0.3 is 5.97 Å². The Kier molecular flexibility index (Phi) is 9.60. The van der Waals surface area contributed by atoms with Crippen molar-refractivity contribution >= 4 is 29.5 Å². The molecule has 1 spiro atoms. The molecule has 0 aromatic heterocycles. The van der Waals surface area contributed by atoms with Crippen LogP contribution in [0.5, 0.6) is 0 Å². The van der Waals surface area contributed by atoms with E-state index in [0.717, 1.165) is 24.8 Å². The minimum atomic E-state index is -0.774. The van der Waals surface area contributed by atoms with Crippen LogP contribution >= 0.6 is 11.8 Å². The lowest BCUT2D eigenvalue weighted by Crippen LogP contribution is -2.59. The molecular weight excluding hydrogens is 512 g/mol. The van der Waals surface area contributed by atoms with Crippen molar-refractivity contribution in [1.29, 1.82) is 0 Å². The number of likely N-dealkylation sites (tertiary alicyclic amines) is 1. The summed E-state index contributed by atoms with van der Waals surface area (Å²) >= 11 is 1.63. The van der Waals surface area contributed by atoms with Crippen LogP contribution in [0, 0.1) is 17.8 Å². The number of carbonyl (C=O) groups is 3. The quantitative estimate of drug-likeness (QED) is 0.214. The lowest BCUT2D eigenvalue weighted by Gasteiger charge is -2.42. The Hall–Kier alpha value is -2.58. The molecule has 1 aromatic carbocycles. The third kappa shape index (κ3) is 5.30. The monoisotopic (exact) mass is 554 g/mol. The summed E-state index contributed by atoms with van der Waals surface area (Å²) in [6.45, 7) is 12.6. The molecular formula is C31H42N2O5S. The van der Waals surface area contributed by atoms with Crippen LogP contribution in [-0.4, -0.2) is 81.1 Å². The van der Waals surface area contributed by atoms with Gasteiger partial charge < -0.3 is 19.6 Å². The summed E-state index contributed by atoms with van der Waals surface area (Å²) in [6.07, 6.45) is 6.90. The van der Waals surface area contributed by atoms with Crippen molar-refractivity contribution in [2.75, 3.05) is 26.3 Å². The Morgan fingerprint density at radius 3 is 2.67 bits per heavy atom. The fourth-order valence-corrected chi connectivity index (χ4v) is 9.24. The summed E-state index contributed by atoms with van der Waals surface area (Å²) in [4.78, 5) is 45.8. The number of aliphatic hydroxyl groups excluding tert-OH is 1. The van der Waals surface area contributed by atoms with Gasteiger partial charge in [0.05, 0.1) is 35.8 Å². The highest BCUT2D eigenvalue weighted by Crippen LogP contribution is 2.69. The number of aliphatic hydroxyl groups is 1. The number of rotatable bonds is 14. The third-order valence-corrected chi connectivity index (χ3v) is 10.7. The lowest BCUT2D eigenvalue weighted by atomic mass is 9.66. The van der Waals surface area contributed by atoms with Crippen LogP contribution in [0.25, 0.3) is 0 Å². The van der Waals surface area contributed by atoms with Crippen molar-refractivity contribution in [3.05, 3.63) is 61.2 Å². The molecule has 7 atom stereocenters. The first-order valence-electron chi connectivity index (χ1n) is 14.2. The van der Waals surface area contributed by atoms with Crippen LogP contribution in [0.3, 0.4) is 0 Å². The van der Waals surface area contributed by atoms with E-state index in [9.17, 15) is 19.5 Å². The summed E-state index contributed by atoms with van der Waals surface area (Å²) in [7, 11) is 0. The van der Waals surface area contributed by atoms with Gasteiger partial charge in [-0.15, -0.1) is 24.9 Å². The van der Waals surface area contributed by atoms with Gasteiger partial charge in [0.15, 0.2) is 0 Å². The maximum Gasteiger partial charge on any atom is 0.310 e. The minimum absolute atomic E-state index is 0.0467. The molecule has 39 heavy (non-hydrogen) atoms. The Labute approximate surface area is 236 Å². The maximum absolute atomic E-state index is 14.5. The molecule has 8 heteroatoms. The molecule has 2 amide bonds. The zero-order valence-electron chi connectivity index (χ0n) is 23.2. The van der Waals surface area contributed by atoms with E-state index in [1.165, 1.54) is 0 Å². The van der Waals surface area contributed by atoms with Crippen LogP contribution < -0.4 is 0 Å². The first-order chi connectivity index (χ1) is 18.8. The summed E-state index contributed by atoms with van der Waals surface area (Å²) < 4.78 is 4.85. The van der Waals surface area contributed by atoms with Gasteiger partial charge in [0, 0.05) is 18.3 Å². The zero-order chi connectivity index (χ0) is 28.2. The molecule has 3 aliphatic rings. The Morgan fingerprint density at radius 2 is 2.03 bits per heavy atom. The van der Waals surface area contributed by atoms with Crippen LogP contribution in [0.2, 0.25) is 0 Å². The highest BCUT2D eigenvalue weighted by atomic mass is 32.2. The number of hydrogen-bond acceptors (Lipinski definition) is 6. The standard InChI is InChI=1S/C31H42N2O5S/c1-5-8-16-32(15-7-3)29(36)27-31-21(4)18-24(39-31)25(30(37)38-17-9-6-2)26(31)28(35)33(27)23(20-34)19-22-13-11-10-12-14-22/h6-7,10-14,21,23-27,34H,2-3,5,8-9,15-20H2,1,4H3/t21?,23-,24-,25+,26+,27?,31?/m1/s1. The second-order valence-corrected chi connectivity index (χ2v) is 12.5. The molecule has 7 nitrogen and oxygen atoms in total. The first-order valence-corrected chi connectivity index (χ1v) is 15.1. The fraction of sp³-hybridized carbons (Fsp3) is 0.581. The van der Waals surface area contributed by atoms with Crippen LogP contribution in [-0.2, 0) is 25.5 Å². The van der Waals surface area contributed by atoms with Gasteiger partial charge in [0.1, 0.15) is 6.04 Å². The lowest BCUT2D eigenvalue weighted by molar-refractivity contribution is -0.154. The highest BCUT2D eigenvalue weighted by molar-refractivity contribution is 8.02. The largest absolute Gasteiger partial charge is 0.465 e. The molecule has 0 aliphatic carbocycles. The molecule has 3 fully saturated rings. The van der Waals surface area contributed by atoms with Crippen molar-refractivity contribution in [2.24, 2.45) is 17.8 Å². The van der Waals surface area contributed by atoms with Crippen molar-refractivity contribution in [2.45, 2.75) is 68.0 Å². The molecule has 1 aromatic rings. The maximum atomic E-state index is 14.5. The predicted octanol–water partition coefficient (Wildman–Crippen LogP) is 3.86. The van der Waals surface area contributed by atoms with Crippen LogP contribution in [0.4, 0.5) is 0 Å². The molecule has 212 valence electrons. The second-order valence-electron chi connectivity index (χ2n) is 11.0. The number of hydrogen-bond donors (Lipinski definition) is 1. The van der Waals surface area contributed by atoms with Gasteiger partial charge in [0.25, 0.3) is 0 Å². The number of thioether (sulfide) groups is 1. The Balaban J connectivity index is 1.77. The molecule has 0 saturated carbocycles. The molecule has 2 bridgehead atoms. The molecule has 1 N–H and O–H groups in total. The van der Waals surface area contributed by atoms with Gasteiger partial charge in [-0.1, -0.05) is 62.8 Å². The van der Waals surface area contributed by atoms with E-state index in [0.29, 0.717) is 25.9 Å². The number of fused-ring (bicyclic) bond motifs is 1. The first kappa shape index (κ1) is 29.4. The van der Waals surface area contributed by atoms with Gasteiger partial charge in [-0.3, -0.25) is 14.4 Å². The van der Waals surface area contributed by atoms with Gasteiger partial charge in [-0.2, -0.15) is 0 Å². The number of carbonyl (C=O) groups excluding carboxylic acids is 3. The van der Waals surface area contributed by atoms with E-state index in [2.05, 4.69) is 27.0 Å². The fourth-order valence-electron chi connectivity index (χ4n) is 6.85. The molecule has 3 heterocycles. The zero-order valence-corrected chi connectivity index (χ0v) is 24.0. The topological polar surface area (TPSA) is 87.1 Å². The number of ether oxygens (including phenoxy) is 1. The molecule has 3 saturated heterocycles. The Bertz CT molecular complexity index is 1060. The Morgan fingerprint density at radius 1 is 1.28 bits per heavy atom. The van der Waals surface area contributed by atoms with E-state index in [1.807, 2.05) is 30.3 Å². The summed E-state index contributed by atoms with van der Waals surface area (Å²) in [5.74, 6) is -1.93. The normalized spacial score (nSPS) is 29.7. The second kappa shape index (κ2) is 12.7. The smallest absolute Gasteiger partial charge is 0.310 e. The van der Waals surface area contributed by atoms with Crippen molar-refractivity contribution < 1.29 is 24.2 Å². The predicted molar refractivity (Wildman–Crippen MR) is 154 cm³/mol. The molecule has 3 unspecified atom stereocenters.